The minimum absolute atomic E-state index is 0.0368. The van der Waals surface area contributed by atoms with Crippen LogP contribution in [0.5, 0.6) is 5.75 Å². The van der Waals surface area contributed by atoms with Gasteiger partial charge in [-0.25, -0.2) is 4.39 Å². The number of nitrogens with zero attached hydrogens (tertiary/aromatic N) is 1. The Morgan fingerprint density at radius 1 is 1.05 bits per heavy atom. The highest BCUT2D eigenvalue weighted by Gasteiger charge is 2.28. The van der Waals surface area contributed by atoms with E-state index in [2.05, 4.69) is 23.5 Å². The van der Waals surface area contributed by atoms with Crippen molar-refractivity contribution in [1.29, 1.82) is 5.26 Å². The van der Waals surface area contributed by atoms with E-state index >= 15 is 4.39 Å². The van der Waals surface area contributed by atoms with E-state index in [1.165, 1.54) is 13.2 Å². The van der Waals surface area contributed by atoms with Crippen LogP contribution in [0.25, 0.3) is 11.1 Å². The average Bonchev–Trinajstić information content (AvgIpc) is 2.99. The molecule has 210 valence electrons. The second kappa shape index (κ2) is 14.3. The molecule has 1 aliphatic rings. The lowest BCUT2D eigenvalue weighted by molar-refractivity contribution is -0.146. The van der Waals surface area contributed by atoms with E-state index < -0.39 is 5.82 Å². The molecule has 1 atom stereocenters. The van der Waals surface area contributed by atoms with Crippen molar-refractivity contribution in [2.24, 2.45) is 5.92 Å². The topological polar surface area (TPSA) is 80.6 Å². The first-order valence-corrected chi connectivity index (χ1v) is 13.8. The van der Waals surface area contributed by atoms with Crippen LogP contribution in [0.15, 0.2) is 60.7 Å². The molecule has 0 spiro atoms. The van der Waals surface area contributed by atoms with Crippen molar-refractivity contribution in [2.45, 2.75) is 37.6 Å². The van der Waals surface area contributed by atoms with Gasteiger partial charge < -0.3 is 19.5 Å². The minimum atomic E-state index is -0.633. The summed E-state index contributed by atoms with van der Waals surface area (Å²) in [5.41, 5.74) is 2.77. The van der Waals surface area contributed by atoms with Crippen LogP contribution >= 0.6 is 11.6 Å². The Balaban J connectivity index is 1.64. The van der Waals surface area contributed by atoms with Crippen LogP contribution in [-0.2, 0) is 14.3 Å². The molecule has 6 nitrogen and oxygen atoms in total. The van der Waals surface area contributed by atoms with Crippen LogP contribution < -0.4 is 10.1 Å². The molecule has 3 aromatic carbocycles. The molecule has 0 saturated heterocycles. The summed E-state index contributed by atoms with van der Waals surface area (Å²) in [6.07, 6.45) is 3.37. The first-order chi connectivity index (χ1) is 19.5. The van der Waals surface area contributed by atoms with Crippen LogP contribution in [0.3, 0.4) is 0 Å². The summed E-state index contributed by atoms with van der Waals surface area (Å²) in [4.78, 5) is 11.9. The summed E-state index contributed by atoms with van der Waals surface area (Å²) < 4.78 is 31.3. The number of nitrogens with one attached hydrogen (secondary N) is 1. The number of ether oxygens (including phenoxy) is 3. The molecule has 4 rings (SSSR count). The van der Waals surface area contributed by atoms with Gasteiger partial charge in [0.05, 0.1) is 31.3 Å². The second-order valence-electron chi connectivity index (χ2n) is 9.94. The Morgan fingerprint density at radius 2 is 1.80 bits per heavy atom. The summed E-state index contributed by atoms with van der Waals surface area (Å²) in [5, 5.41) is 13.8. The maximum absolute atomic E-state index is 15.8. The van der Waals surface area contributed by atoms with Crippen molar-refractivity contribution in [2.75, 3.05) is 34.0 Å². The van der Waals surface area contributed by atoms with Crippen molar-refractivity contribution >= 4 is 17.6 Å². The SMILES string of the molecule is COCCOc1ccc(C#N)c(-c2cc(C(CNC3CCC(C(=O)OC)CC3)c3ccccc3)ccc2Cl)c1F. The summed E-state index contributed by atoms with van der Waals surface area (Å²) in [5.74, 6) is -0.815. The Kier molecular flexibility index (Phi) is 10.5. The Morgan fingerprint density at radius 3 is 2.48 bits per heavy atom. The molecule has 1 aliphatic carbocycles. The number of rotatable bonds is 11. The van der Waals surface area contributed by atoms with E-state index in [1.54, 1.807) is 19.2 Å². The van der Waals surface area contributed by atoms with Crippen molar-refractivity contribution in [3.05, 3.63) is 88.2 Å². The van der Waals surface area contributed by atoms with Gasteiger partial charge in [-0.05, 0) is 61.1 Å². The summed E-state index contributed by atoms with van der Waals surface area (Å²) in [7, 11) is 2.98. The average molecular weight is 565 g/mol. The molecule has 1 fully saturated rings. The zero-order valence-electron chi connectivity index (χ0n) is 22.8. The predicted octanol–water partition coefficient (Wildman–Crippen LogP) is 6.50. The molecular formula is C32H34ClFN2O4. The fourth-order valence-corrected chi connectivity index (χ4v) is 5.52. The molecule has 1 saturated carbocycles. The Labute approximate surface area is 240 Å². The highest BCUT2D eigenvalue weighted by Crippen LogP contribution is 2.39. The van der Waals surface area contributed by atoms with E-state index in [1.807, 2.05) is 30.3 Å². The number of carbonyl (C=O) groups excluding carboxylic acids is 1. The summed E-state index contributed by atoms with van der Waals surface area (Å²) >= 11 is 6.62. The molecule has 0 aromatic heterocycles. The molecule has 0 radical (unpaired) electrons. The largest absolute Gasteiger partial charge is 0.488 e. The fourth-order valence-electron chi connectivity index (χ4n) is 5.31. The molecule has 1 N–H and O–H groups in total. The van der Waals surface area contributed by atoms with E-state index in [0.717, 1.165) is 36.8 Å². The molecule has 1 unspecified atom stereocenters. The number of halogens is 2. The maximum Gasteiger partial charge on any atom is 0.308 e. The van der Waals surface area contributed by atoms with Gasteiger partial charge in [0.2, 0.25) is 0 Å². The zero-order valence-corrected chi connectivity index (χ0v) is 23.5. The third-order valence-corrected chi connectivity index (χ3v) is 7.84. The maximum atomic E-state index is 15.8. The number of carbonyl (C=O) groups is 1. The lowest BCUT2D eigenvalue weighted by Gasteiger charge is -2.29. The van der Waals surface area contributed by atoms with Crippen LogP contribution in [0.2, 0.25) is 5.02 Å². The van der Waals surface area contributed by atoms with Gasteiger partial charge in [-0.3, -0.25) is 4.79 Å². The summed E-state index contributed by atoms with van der Waals surface area (Å²) in [6.45, 7) is 1.13. The first-order valence-electron chi connectivity index (χ1n) is 13.5. The van der Waals surface area contributed by atoms with E-state index in [0.29, 0.717) is 23.7 Å². The van der Waals surface area contributed by atoms with Gasteiger partial charge in [-0.2, -0.15) is 5.26 Å². The van der Waals surface area contributed by atoms with Crippen molar-refractivity contribution < 1.29 is 23.4 Å². The molecule has 0 heterocycles. The Bertz CT molecular complexity index is 1340. The van der Waals surface area contributed by atoms with Crippen LogP contribution in [0, 0.1) is 23.1 Å². The highest BCUT2D eigenvalue weighted by atomic mass is 35.5. The molecule has 0 bridgehead atoms. The monoisotopic (exact) mass is 564 g/mol. The Hall–Kier alpha value is -3.44. The molecule has 8 heteroatoms. The van der Waals surface area contributed by atoms with Gasteiger partial charge in [0.1, 0.15) is 6.61 Å². The smallest absolute Gasteiger partial charge is 0.308 e. The predicted molar refractivity (Wildman–Crippen MR) is 153 cm³/mol. The van der Waals surface area contributed by atoms with Gasteiger partial charge in [0.15, 0.2) is 11.6 Å². The highest BCUT2D eigenvalue weighted by molar-refractivity contribution is 6.33. The lowest BCUT2D eigenvalue weighted by Crippen LogP contribution is -2.37. The standard InChI is InChI=1S/C32H34ClFN2O4/c1-38-16-17-40-29-15-11-24(19-35)30(31(29)34)26-18-23(10-14-28(26)33)27(21-6-4-3-5-7-21)20-36-25-12-8-22(9-13-25)32(37)39-2/h3-7,10-11,14-15,18,22,25,27,36H,8-9,12-13,16-17,20H2,1-2H3. The minimum Gasteiger partial charge on any atom is -0.488 e. The number of benzene rings is 3. The van der Waals surface area contributed by atoms with Crippen molar-refractivity contribution in [3.8, 4) is 22.9 Å². The first kappa shape index (κ1) is 29.5. The normalized spacial score (nSPS) is 17.6. The van der Waals surface area contributed by atoms with Gasteiger partial charge in [0, 0.05) is 41.8 Å². The quantitative estimate of drug-likeness (QED) is 0.212. The van der Waals surface area contributed by atoms with Crippen LogP contribution in [0.4, 0.5) is 4.39 Å². The second-order valence-corrected chi connectivity index (χ2v) is 10.3. The van der Waals surface area contributed by atoms with Gasteiger partial charge >= 0.3 is 5.97 Å². The van der Waals surface area contributed by atoms with Gasteiger partial charge in [0.25, 0.3) is 0 Å². The molecule has 3 aromatic rings. The van der Waals surface area contributed by atoms with Gasteiger partial charge in [-0.1, -0.05) is 48.0 Å². The van der Waals surface area contributed by atoms with Crippen LogP contribution in [-0.4, -0.2) is 46.0 Å². The molecule has 0 aliphatic heterocycles. The van der Waals surface area contributed by atoms with Crippen molar-refractivity contribution in [3.63, 3.8) is 0 Å². The molecule has 40 heavy (non-hydrogen) atoms. The summed E-state index contributed by atoms with van der Waals surface area (Å²) in [6, 6.07) is 21.0. The molecular weight excluding hydrogens is 531 g/mol. The number of hydrogen-bond donors (Lipinski definition) is 1. The van der Waals surface area contributed by atoms with Crippen LogP contribution in [0.1, 0.15) is 48.3 Å². The third kappa shape index (κ3) is 7.00. The van der Waals surface area contributed by atoms with E-state index in [-0.39, 0.29) is 47.3 Å². The van der Waals surface area contributed by atoms with Gasteiger partial charge in [-0.15, -0.1) is 0 Å². The van der Waals surface area contributed by atoms with Crippen molar-refractivity contribution in [1.82, 2.24) is 5.32 Å². The third-order valence-electron chi connectivity index (χ3n) is 7.51. The van der Waals surface area contributed by atoms with E-state index in [9.17, 15) is 10.1 Å². The molecule has 0 amide bonds. The fraction of sp³-hybridized carbons (Fsp3) is 0.375. The zero-order chi connectivity index (χ0) is 28.5. The lowest BCUT2D eigenvalue weighted by atomic mass is 9.85. The number of methoxy groups -OCH3 is 2. The number of hydrogen-bond acceptors (Lipinski definition) is 6. The number of esters is 1. The number of nitriles is 1. The van der Waals surface area contributed by atoms with E-state index in [4.69, 9.17) is 25.8 Å².